The van der Waals surface area contributed by atoms with E-state index in [0.717, 1.165) is 0 Å². The third kappa shape index (κ3) is 1.25. The van der Waals surface area contributed by atoms with Gasteiger partial charge in [0.2, 0.25) is 0 Å². The quantitative estimate of drug-likeness (QED) is 0.723. The standard InChI is InChI=1S/C10H10O4.2H2/c1-13-8-4-2-3-6-7(10(11)12)5-14-9(6)8;;/h2-5,10-12H,1H3;2*1H. The van der Waals surface area contributed by atoms with Gasteiger partial charge in [0.05, 0.1) is 12.7 Å². The molecule has 0 amide bonds. The van der Waals surface area contributed by atoms with Gasteiger partial charge in [-0.3, -0.25) is 0 Å². The van der Waals surface area contributed by atoms with Crippen LogP contribution in [0.2, 0.25) is 0 Å². The number of aliphatic hydroxyl groups excluding tert-OH is 1. The zero-order chi connectivity index (χ0) is 10.1. The van der Waals surface area contributed by atoms with Gasteiger partial charge in [-0.2, -0.15) is 0 Å². The van der Waals surface area contributed by atoms with Crippen molar-refractivity contribution in [1.29, 1.82) is 0 Å². The van der Waals surface area contributed by atoms with Crippen LogP contribution in [0.4, 0.5) is 0 Å². The van der Waals surface area contributed by atoms with Crippen LogP contribution < -0.4 is 4.74 Å². The molecule has 1 heterocycles. The van der Waals surface area contributed by atoms with E-state index in [0.29, 0.717) is 22.3 Å². The van der Waals surface area contributed by atoms with E-state index in [1.165, 1.54) is 13.4 Å². The molecule has 0 unspecified atom stereocenters. The normalized spacial score (nSPS) is 11.1. The molecule has 0 bridgehead atoms. The summed E-state index contributed by atoms with van der Waals surface area (Å²) in [6.07, 6.45) is -0.207. The summed E-state index contributed by atoms with van der Waals surface area (Å²) in [6.45, 7) is 0. The van der Waals surface area contributed by atoms with Gasteiger partial charge in [0, 0.05) is 8.24 Å². The lowest BCUT2D eigenvalue weighted by Gasteiger charge is -2.01. The van der Waals surface area contributed by atoms with E-state index in [1.54, 1.807) is 18.2 Å². The van der Waals surface area contributed by atoms with Gasteiger partial charge in [-0.25, -0.2) is 0 Å². The minimum atomic E-state index is -1.52. The fourth-order valence-electron chi connectivity index (χ4n) is 1.41. The molecule has 2 aromatic rings. The van der Waals surface area contributed by atoms with Gasteiger partial charge >= 0.3 is 0 Å². The number of hydrogen-bond donors (Lipinski definition) is 2. The van der Waals surface area contributed by atoms with Crippen molar-refractivity contribution in [3.8, 4) is 5.75 Å². The van der Waals surface area contributed by atoms with Crippen molar-refractivity contribution in [1.82, 2.24) is 0 Å². The molecule has 0 spiro atoms. The van der Waals surface area contributed by atoms with E-state index < -0.39 is 6.29 Å². The second-order valence-corrected chi connectivity index (χ2v) is 2.90. The lowest BCUT2D eigenvalue weighted by molar-refractivity contribution is -0.0418. The van der Waals surface area contributed by atoms with E-state index >= 15 is 0 Å². The first-order valence-corrected chi connectivity index (χ1v) is 4.14. The SMILES string of the molecule is COc1cccc2c(C(O)O)coc12.[HH].[HH]. The van der Waals surface area contributed by atoms with Crippen molar-refractivity contribution in [2.75, 3.05) is 7.11 Å². The summed E-state index contributed by atoms with van der Waals surface area (Å²) < 4.78 is 10.3. The van der Waals surface area contributed by atoms with Crippen LogP contribution in [0.25, 0.3) is 11.0 Å². The van der Waals surface area contributed by atoms with Gasteiger partial charge in [-0.05, 0) is 6.07 Å². The van der Waals surface area contributed by atoms with Gasteiger partial charge < -0.3 is 19.4 Å². The van der Waals surface area contributed by atoms with E-state index in [4.69, 9.17) is 19.4 Å². The zero-order valence-corrected chi connectivity index (χ0v) is 7.60. The van der Waals surface area contributed by atoms with Crippen LogP contribution >= 0.6 is 0 Å². The number of benzene rings is 1. The van der Waals surface area contributed by atoms with Crippen LogP contribution in [0.5, 0.6) is 5.75 Å². The molecular formula is C10H14O4. The minimum absolute atomic E-state index is 0. The Bertz CT molecular complexity index is 453. The molecule has 0 radical (unpaired) electrons. The summed E-state index contributed by atoms with van der Waals surface area (Å²) in [5, 5.41) is 18.7. The summed E-state index contributed by atoms with van der Waals surface area (Å²) in [5.74, 6) is 0.578. The molecule has 2 rings (SSSR count). The molecule has 78 valence electrons. The highest BCUT2D eigenvalue weighted by atomic mass is 16.5. The lowest BCUT2D eigenvalue weighted by atomic mass is 10.1. The third-order valence-corrected chi connectivity index (χ3v) is 2.09. The molecule has 0 atom stereocenters. The van der Waals surface area contributed by atoms with Crippen molar-refractivity contribution in [2.24, 2.45) is 0 Å². The predicted molar refractivity (Wildman–Crippen MR) is 54.2 cm³/mol. The highest BCUT2D eigenvalue weighted by Crippen LogP contribution is 2.31. The molecule has 1 aromatic carbocycles. The molecule has 4 heteroatoms. The molecule has 14 heavy (non-hydrogen) atoms. The van der Waals surface area contributed by atoms with Crippen LogP contribution in [-0.4, -0.2) is 17.3 Å². The second-order valence-electron chi connectivity index (χ2n) is 2.90. The summed E-state index contributed by atoms with van der Waals surface area (Å²) >= 11 is 0. The molecule has 0 saturated heterocycles. The predicted octanol–water partition coefficient (Wildman–Crippen LogP) is 1.92. The Morgan fingerprint density at radius 2 is 2.21 bits per heavy atom. The van der Waals surface area contributed by atoms with Crippen LogP contribution in [0, 0.1) is 0 Å². The van der Waals surface area contributed by atoms with Gasteiger partial charge in [-0.1, -0.05) is 12.1 Å². The highest BCUT2D eigenvalue weighted by molar-refractivity contribution is 5.86. The number of furan rings is 1. The van der Waals surface area contributed by atoms with Crippen molar-refractivity contribution < 1.29 is 22.2 Å². The van der Waals surface area contributed by atoms with Gasteiger partial charge in [0.15, 0.2) is 17.6 Å². The van der Waals surface area contributed by atoms with Crippen molar-refractivity contribution in [3.63, 3.8) is 0 Å². The topological polar surface area (TPSA) is 62.8 Å². The van der Waals surface area contributed by atoms with E-state index in [9.17, 15) is 0 Å². The first-order valence-electron chi connectivity index (χ1n) is 4.14. The largest absolute Gasteiger partial charge is 0.493 e. The number of aliphatic hydroxyl groups is 2. The van der Waals surface area contributed by atoms with E-state index in [2.05, 4.69) is 0 Å². The zero-order valence-electron chi connectivity index (χ0n) is 7.60. The molecule has 4 nitrogen and oxygen atoms in total. The number of methoxy groups -OCH3 is 1. The fraction of sp³-hybridized carbons (Fsp3) is 0.200. The number of ether oxygens (including phenoxy) is 1. The monoisotopic (exact) mass is 198 g/mol. The summed E-state index contributed by atoms with van der Waals surface area (Å²) in [5.41, 5.74) is 0.872. The smallest absolute Gasteiger partial charge is 0.182 e. The maximum Gasteiger partial charge on any atom is 0.182 e. The van der Waals surface area contributed by atoms with Crippen LogP contribution in [0.1, 0.15) is 14.7 Å². The average Bonchev–Trinajstić information content (AvgIpc) is 2.60. The third-order valence-electron chi connectivity index (χ3n) is 2.09. The molecule has 0 aliphatic carbocycles. The molecule has 0 aliphatic heterocycles. The van der Waals surface area contributed by atoms with Crippen molar-refractivity contribution in [2.45, 2.75) is 6.29 Å². The first kappa shape index (κ1) is 9.05. The fourth-order valence-corrected chi connectivity index (χ4v) is 1.41. The number of rotatable bonds is 2. The summed E-state index contributed by atoms with van der Waals surface area (Å²) in [7, 11) is 1.53. The van der Waals surface area contributed by atoms with Crippen molar-refractivity contribution in [3.05, 3.63) is 30.0 Å². The number of para-hydroxylation sites is 1. The minimum Gasteiger partial charge on any atom is -0.493 e. The summed E-state index contributed by atoms with van der Waals surface area (Å²) in [6, 6.07) is 5.26. The number of hydrogen-bond acceptors (Lipinski definition) is 4. The number of fused-ring (bicyclic) bond motifs is 1. The van der Waals surface area contributed by atoms with Gasteiger partial charge in [0.25, 0.3) is 0 Å². The Morgan fingerprint density at radius 1 is 1.43 bits per heavy atom. The molecule has 0 fully saturated rings. The maximum atomic E-state index is 9.03. The molecular weight excluding hydrogens is 184 g/mol. The molecule has 0 saturated carbocycles. The Hall–Kier alpha value is -1.52. The van der Waals surface area contributed by atoms with Crippen LogP contribution in [0.3, 0.4) is 0 Å². The lowest BCUT2D eigenvalue weighted by Crippen LogP contribution is -1.92. The van der Waals surface area contributed by atoms with E-state index in [1.807, 2.05) is 0 Å². The van der Waals surface area contributed by atoms with Crippen molar-refractivity contribution >= 4 is 11.0 Å². The van der Waals surface area contributed by atoms with Gasteiger partial charge in [-0.15, -0.1) is 0 Å². The van der Waals surface area contributed by atoms with Gasteiger partial charge in [0.1, 0.15) is 6.26 Å². The molecule has 2 N–H and O–H groups in total. The Morgan fingerprint density at radius 3 is 2.86 bits per heavy atom. The highest BCUT2D eigenvalue weighted by Gasteiger charge is 2.14. The Labute approximate surface area is 83.3 Å². The molecule has 1 aromatic heterocycles. The van der Waals surface area contributed by atoms with E-state index in [-0.39, 0.29) is 2.85 Å². The average molecular weight is 198 g/mol. The second kappa shape index (κ2) is 3.32. The van der Waals surface area contributed by atoms with Crippen LogP contribution in [0.15, 0.2) is 28.9 Å². The van der Waals surface area contributed by atoms with Crippen LogP contribution in [-0.2, 0) is 0 Å². The molecule has 0 aliphatic rings. The Kier molecular flexibility index (Phi) is 2.15. The summed E-state index contributed by atoms with van der Waals surface area (Å²) in [4.78, 5) is 0. The first-order chi connectivity index (χ1) is 6.74. The Balaban J connectivity index is 0.00000112. The maximum absolute atomic E-state index is 9.03.